The maximum atomic E-state index is 11.9. The fourth-order valence-corrected chi connectivity index (χ4v) is 3.22. The number of esters is 1. The van der Waals surface area contributed by atoms with Crippen molar-refractivity contribution in [3.05, 3.63) is 72.5 Å². The van der Waals surface area contributed by atoms with Crippen LogP contribution in [0.1, 0.15) is 12.2 Å². The van der Waals surface area contributed by atoms with Crippen molar-refractivity contribution < 1.29 is 27.2 Å². The molecule has 1 amide bonds. The molecule has 8 nitrogen and oxygen atoms in total. The van der Waals surface area contributed by atoms with Crippen LogP contribution in [0.25, 0.3) is 11.3 Å². The molecule has 1 heterocycles. The molecule has 30 heavy (non-hydrogen) atoms. The van der Waals surface area contributed by atoms with Crippen LogP contribution in [0.15, 0.2) is 76.0 Å². The lowest BCUT2D eigenvalue weighted by molar-refractivity contribution is -0.147. The Morgan fingerprint density at radius 3 is 2.50 bits per heavy atom. The van der Waals surface area contributed by atoms with Crippen molar-refractivity contribution >= 4 is 27.6 Å². The zero-order chi connectivity index (χ0) is 21.6. The summed E-state index contributed by atoms with van der Waals surface area (Å²) in [5.41, 5.74) is 1.17. The first-order valence-corrected chi connectivity index (χ1v) is 10.6. The third kappa shape index (κ3) is 6.03. The summed E-state index contributed by atoms with van der Waals surface area (Å²) >= 11 is 0. The molecule has 0 unspecified atom stereocenters. The maximum absolute atomic E-state index is 11.9. The minimum absolute atomic E-state index is 0.0515. The third-order valence-electron chi connectivity index (χ3n) is 4.11. The van der Waals surface area contributed by atoms with E-state index in [0.29, 0.717) is 17.9 Å². The number of nitrogens with two attached hydrogens (primary N) is 1. The van der Waals surface area contributed by atoms with Gasteiger partial charge in [-0.3, -0.25) is 9.59 Å². The van der Waals surface area contributed by atoms with Gasteiger partial charge in [0.2, 0.25) is 10.0 Å². The number of nitrogens with one attached hydrogen (secondary N) is 1. The van der Waals surface area contributed by atoms with E-state index >= 15 is 0 Å². The summed E-state index contributed by atoms with van der Waals surface area (Å²) in [7, 11) is -3.88. The average Bonchev–Trinajstić information content (AvgIpc) is 3.20. The van der Waals surface area contributed by atoms with Crippen LogP contribution in [-0.4, -0.2) is 26.9 Å². The number of benzene rings is 2. The fourth-order valence-electron chi connectivity index (χ4n) is 2.66. The smallest absolute Gasteiger partial charge is 0.306 e. The van der Waals surface area contributed by atoms with E-state index in [1.54, 1.807) is 6.07 Å². The molecule has 3 rings (SSSR count). The van der Waals surface area contributed by atoms with E-state index in [-0.39, 0.29) is 17.0 Å². The van der Waals surface area contributed by atoms with Gasteiger partial charge >= 0.3 is 5.97 Å². The van der Waals surface area contributed by atoms with Crippen LogP contribution in [0, 0.1) is 0 Å². The molecule has 0 aliphatic heterocycles. The summed E-state index contributed by atoms with van der Waals surface area (Å²) in [5, 5.41) is 7.50. The number of furan rings is 1. The molecular formula is C21H20N2O6S. The van der Waals surface area contributed by atoms with Crippen LogP contribution >= 0.6 is 0 Å². The van der Waals surface area contributed by atoms with Gasteiger partial charge in [0.15, 0.2) is 6.61 Å². The summed E-state index contributed by atoms with van der Waals surface area (Å²) < 4.78 is 33.4. The number of ether oxygens (including phenoxy) is 1. The molecule has 0 atom stereocenters. The molecular weight excluding hydrogens is 408 g/mol. The Labute approximate surface area is 173 Å². The van der Waals surface area contributed by atoms with Gasteiger partial charge in [0.25, 0.3) is 5.91 Å². The Hall–Kier alpha value is -3.43. The van der Waals surface area contributed by atoms with E-state index < -0.39 is 28.5 Å². The molecule has 3 aromatic rings. The average molecular weight is 428 g/mol. The van der Waals surface area contributed by atoms with Crippen molar-refractivity contribution in [1.82, 2.24) is 0 Å². The van der Waals surface area contributed by atoms with E-state index in [0.717, 1.165) is 5.56 Å². The van der Waals surface area contributed by atoms with Gasteiger partial charge in [-0.25, -0.2) is 13.6 Å². The number of aryl methyl sites for hydroxylation is 1. The first-order chi connectivity index (χ1) is 14.3. The molecule has 0 spiro atoms. The maximum Gasteiger partial charge on any atom is 0.306 e. The van der Waals surface area contributed by atoms with E-state index in [4.69, 9.17) is 14.3 Å². The normalized spacial score (nSPS) is 11.1. The minimum Gasteiger partial charge on any atom is -0.461 e. The van der Waals surface area contributed by atoms with Crippen molar-refractivity contribution in [3.8, 4) is 11.3 Å². The molecule has 156 valence electrons. The predicted octanol–water partition coefficient (Wildman–Crippen LogP) is 2.71. The van der Waals surface area contributed by atoms with Gasteiger partial charge in [0.05, 0.1) is 11.3 Å². The number of anilines is 1. The molecule has 0 saturated heterocycles. The van der Waals surface area contributed by atoms with Crippen molar-refractivity contribution in [3.63, 3.8) is 0 Å². The van der Waals surface area contributed by atoms with Crippen molar-refractivity contribution in [2.45, 2.75) is 17.7 Å². The Morgan fingerprint density at radius 2 is 1.77 bits per heavy atom. The SMILES string of the molecule is NS(=O)(=O)c1cccc(NC(=O)COC(=O)CCc2ccc(-c3ccccc3)o2)c1. The van der Waals surface area contributed by atoms with E-state index in [1.165, 1.54) is 24.3 Å². The lowest BCUT2D eigenvalue weighted by atomic mass is 10.2. The van der Waals surface area contributed by atoms with Crippen molar-refractivity contribution in [2.24, 2.45) is 5.14 Å². The Kier molecular flexibility index (Phi) is 6.65. The number of sulfonamides is 1. The van der Waals surface area contributed by atoms with Crippen LogP contribution < -0.4 is 10.5 Å². The number of hydrogen-bond acceptors (Lipinski definition) is 6. The Morgan fingerprint density at radius 1 is 1.00 bits per heavy atom. The lowest BCUT2D eigenvalue weighted by Crippen LogP contribution is -2.21. The molecule has 0 aliphatic carbocycles. The fraction of sp³-hybridized carbons (Fsp3) is 0.143. The highest BCUT2D eigenvalue weighted by Gasteiger charge is 2.12. The first-order valence-electron chi connectivity index (χ1n) is 9.04. The zero-order valence-corrected chi connectivity index (χ0v) is 16.7. The van der Waals surface area contributed by atoms with Crippen molar-refractivity contribution in [1.29, 1.82) is 0 Å². The van der Waals surface area contributed by atoms with Crippen LogP contribution in [0.4, 0.5) is 5.69 Å². The topological polar surface area (TPSA) is 129 Å². The van der Waals surface area contributed by atoms with Crippen LogP contribution in [-0.2, 0) is 30.8 Å². The highest BCUT2D eigenvalue weighted by atomic mass is 32.2. The molecule has 3 N–H and O–H groups in total. The second-order valence-corrected chi connectivity index (χ2v) is 7.98. The lowest BCUT2D eigenvalue weighted by Gasteiger charge is -2.07. The van der Waals surface area contributed by atoms with E-state index in [9.17, 15) is 18.0 Å². The second-order valence-electron chi connectivity index (χ2n) is 6.41. The van der Waals surface area contributed by atoms with Gasteiger partial charge in [0.1, 0.15) is 11.5 Å². The van der Waals surface area contributed by atoms with Crippen LogP contribution in [0.2, 0.25) is 0 Å². The zero-order valence-electron chi connectivity index (χ0n) is 15.9. The minimum atomic E-state index is -3.88. The molecule has 0 radical (unpaired) electrons. The summed E-state index contributed by atoms with van der Waals surface area (Å²) in [6.07, 6.45) is 0.389. The number of rotatable bonds is 8. The number of amides is 1. The monoisotopic (exact) mass is 428 g/mol. The molecule has 9 heteroatoms. The first kappa shape index (κ1) is 21.3. The van der Waals surface area contributed by atoms with Gasteiger partial charge in [-0.15, -0.1) is 0 Å². The van der Waals surface area contributed by atoms with Gasteiger partial charge in [-0.1, -0.05) is 36.4 Å². The van der Waals surface area contributed by atoms with Crippen LogP contribution in [0.3, 0.4) is 0 Å². The molecule has 0 bridgehead atoms. The van der Waals surface area contributed by atoms with Gasteiger partial charge in [-0.05, 0) is 30.3 Å². The Balaban J connectivity index is 1.45. The predicted molar refractivity (Wildman–Crippen MR) is 110 cm³/mol. The summed E-state index contributed by atoms with van der Waals surface area (Å²) in [6.45, 7) is -0.494. The summed E-state index contributed by atoms with van der Waals surface area (Å²) in [4.78, 5) is 23.7. The second kappa shape index (κ2) is 9.38. The standard InChI is InChI=1S/C21H20N2O6S/c22-30(26,27)18-8-4-7-16(13-18)23-20(24)14-28-21(25)12-10-17-9-11-19(29-17)15-5-2-1-3-6-15/h1-9,11,13H,10,12,14H2,(H,23,24)(H2,22,26,27). The largest absolute Gasteiger partial charge is 0.461 e. The third-order valence-corrected chi connectivity index (χ3v) is 5.02. The highest BCUT2D eigenvalue weighted by molar-refractivity contribution is 7.89. The van der Waals surface area contributed by atoms with Gasteiger partial charge < -0.3 is 14.5 Å². The van der Waals surface area contributed by atoms with Gasteiger partial charge in [-0.2, -0.15) is 0 Å². The van der Waals surface area contributed by atoms with Gasteiger partial charge in [0, 0.05) is 17.7 Å². The summed E-state index contributed by atoms with van der Waals surface area (Å²) in [6, 6.07) is 18.7. The van der Waals surface area contributed by atoms with Crippen LogP contribution in [0.5, 0.6) is 0 Å². The highest BCUT2D eigenvalue weighted by Crippen LogP contribution is 2.22. The molecule has 0 fully saturated rings. The molecule has 1 aromatic heterocycles. The van der Waals surface area contributed by atoms with E-state index in [1.807, 2.05) is 36.4 Å². The number of primary sulfonamides is 1. The molecule has 0 aliphatic rings. The number of carbonyl (C=O) groups excluding carboxylic acids is 2. The van der Waals surface area contributed by atoms with E-state index in [2.05, 4.69) is 5.32 Å². The van der Waals surface area contributed by atoms with Crippen molar-refractivity contribution in [2.75, 3.05) is 11.9 Å². The molecule has 0 saturated carbocycles. The number of hydrogen-bond donors (Lipinski definition) is 2. The quantitative estimate of drug-likeness (QED) is 0.531. The Bertz CT molecular complexity index is 1140. The molecule has 2 aromatic carbocycles. The number of carbonyl (C=O) groups is 2. The summed E-state index contributed by atoms with van der Waals surface area (Å²) in [5.74, 6) is 0.190.